The maximum atomic E-state index is 11.8. The highest BCUT2D eigenvalue weighted by molar-refractivity contribution is 5.80. The van der Waals surface area contributed by atoms with Crippen molar-refractivity contribution < 1.29 is 9.90 Å². The van der Waals surface area contributed by atoms with E-state index in [1.807, 2.05) is 7.05 Å². The number of rotatable bonds is 2. The number of carbonyl (C=O) groups is 1. The number of carboxylic acid groups (broad SMARTS) is 1. The zero-order valence-electron chi connectivity index (χ0n) is 11.0. The molecule has 0 radical (unpaired) electrons. The van der Waals surface area contributed by atoms with Crippen molar-refractivity contribution in [2.45, 2.75) is 50.6 Å². The number of hydrogen-bond donors (Lipinski definition) is 1. The van der Waals surface area contributed by atoms with E-state index in [4.69, 9.17) is 0 Å². The second kappa shape index (κ2) is 4.94. The molecule has 98 valence electrons. The molecule has 0 aromatic rings. The molecule has 0 bridgehead atoms. The van der Waals surface area contributed by atoms with Crippen molar-refractivity contribution in [3.63, 3.8) is 0 Å². The van der Waals surface area contributed by atoms with Gasteiger partial charge in [0.05, 0.1) is 0 Å². The van der Waals surface area contributed by atoms with Crippen molar-refractivity contribution in [3.05, 3.63) is 0 Å². The molecule has 2 rings (SSSR count). The number of aliphatic carboxylic acids is 1. The van der Waals surface area contributed by atoms with Gasteiger partial charge in [-0.2, -0.15) is 0 Å². The molecule has 0 aliphatic carbocycles. The van der Waals surface area contributed by atoms with Crippen LogP contribution in [-0.4, -0.2) is 59.1 Å². The summed E-state index contributed by atoms with van der Waals surface area (Å²) < 4.78 is 0. The first kappa shape index (κ1) is 12.8. The standard InChI is InChI=1S/C13H24N2O2/c1-11-9-13(12(16)17,10-14(11)2)15-7-5-3-4-6-8-15/h11H,3-10H2,1-2H3,(H,16,17). The van der Waals surface area contributed by atoms with E-state index in [1.54, 1.807) is 0 Å². The SMILES string of the molecule is CC1CC(C(=O)O)(N2CCCCCC2)CN1C. The van der Waals surface area contributed by atoms with Gasteiger partial charge in [-0.05, 0) is 46.3 Å². The van der Waals surface area contributed by atoms with Crippen LogP contribution in [0.4, 0.5) is 0 Å². The highest BCUT2D eigenvalue weighted by atomic mass is 16.4. The van der Waals surface area contributed by atoms with Gasteiger partial charge in [0.2, 0.25) is 0 Å². The van der Waals surface area contributed by atoms with E-state index < -0.39 is 11.5 Å². The maximum Gasteiger partial charge on any atom is 0.325 e. The third kappa shape index (κ3) is 2.33. The number of likely N-dealkylation sites (N-methyl/N-ethyl adjacent to an activating group) is 1. The molecule has 0 amide bonds. The first-order valence-corrected chi connectivity index (χ1v) is 6.75. The number of likely N-dealkylation sites (tertiary alicyclic amines) is 2. The van der Waals surface area contributed by atoms with Crippen LogP contribution >= 0.6 is 0 Å². The summed E-state index contributed by atoms with van der Waals surface area (Å²) in [6, 6.07) is 0.370. The number of carboxylic acids is 1. The Balaban J connectivity index is 2.19. The Kier molecular flexibility index (Phi) is 3.73. The second-order valence-electron chi connectivity index (χ2n) is 5.71. The van der Waals surface area contributed by atoms with Gasteiger partial charge in [-0.1, -0.05) is 12.8 Å². The fourth-order valence-electron chi connectivity index (χ4n) is 3.30. The van der Waals surface area contributed by atoms with Crippen LogP contribution < -0.4 is 0 Å². The lowest BCUT2D eigenvalue weighted by Gasteiger charge is -2.37. The molecular formula is C13H24N2O2. The summed E-state index contributed by atoms with van der Waals surface area (Å²) in [6.07, 6.45) is 5.55. The lowest BCUT2D eigenvalue weighted by atomic mass is 9.93. The molecule has 2 aliphatic heterocycles. The third-order valence-electron chi connectivity index (χ3n) is 4.51. The summed E-state index contributed by atoms with van der Waals surface area (Å²) in [7, 11) is 2.03. The first-order chi connectivity index (χ1) is 8.06. The van der Waals surface area contributed by atoms with E-state index in [-0.39, 0.29) is 0 Å². The molecule has 0 aromatic carbocycles. The second-order valence-corrected chi connectivity index (χ2v) is 5.71. The predicted molar refractivity (Wildman–Crippen MR) is 67.1 cm³/mol. The summed E-state index contributed by atoms with van der Waals surface area (Å²) in [6.45, 7) is 4.70. The largest absolute Gasteiger partial charge is 0.480 e. The van der Waals surface area contributed by atoms with Gasteiger partial charge < -0.3 is 10.0 Å². The van der Waals surface area contributed by atoms with Crippen molar-refractivity contribution in [2.75, 3.05) is 26.7 Å². The molecule has 2 saturated heterocycles. The average molecular weight is 240 g/mol. The molecule has 4 heteroatoms. The molecule has 1 N–H and O–H groups in total. The van der Waals surface area contributed by atoms with Crippen LogP contribution in [0.1, 0.15) is 39.0 Å². The van der Waals surface area contributed by atoms with Crippen molar-refractivity contribution in [1.82, 2.24) is 9.80 Å². The van der Waals surface area contributed by atoms with E-state index >= 15 is 0 Å². The zero-order chi connectivity index (χ0) is 12.5. The first-order valence-electron chi connectivity index (χ1n) is 6.75. The quantitative estimate of drug-likeness (QED) is 0.792. The molecule has 0 aromatic heterocycles. The Bertz CT molecular complexity index is 275. The fourth-order valence-corrected chi connectivity index (χ4v) is 3.30. The van der Waals surface area contributed by atoms with Gasteiger partial charge in [0.1, 0.15) is 5.54 Å². The summed E-state index contributed by atoms with van der Waals surface area (Å²) in [5.41, 5.74) is -0.626. The monoisotopic (exact) mass is 240 g/mol. The minimum Gasteiger partial charge on any atom is -0.480 e. The van der Waals surface area contributed by atoms with Crippen LogP contribution in [0.5, 0.6) is 0 Å². The van der Waals surface area contributed by atoms with Crippen LogP contribution in [0.3, 0.4) is 0 Å². The Morgan fingerprint density at radius 2 is 1.82 bits per heavy atom. The predicted octanol–water partition coefficient (Wildman–Crippen LogP) is 1.41. The Hall–Kier alpha value is -0.610. The zero-order valence-corrected chi connectivity index (χ0v) is 11.0. The van der Waals surface area contributed by atoms with E-state index in [0.29, 0.717) is 12.6 Å². The lowest BCUT2D eigenvalue weighted by Crippen LogP contribution is -2.56. The fraction of sp³-hybridized carbons (Fsp3) is 0.923. The van der Waals surface area contributed by atoms with E-state index in [9.17, 15) is 9.90 Å². The van der Waals surface area contributed by atoms with Crippen LogP contribution in [0.25, 0.3) is 0 Å². The topological polar surface area (TPSA) is 43.8 Å². The Labute approximate surface area is 104 Å². The molecule has 2 unspecified atom stereocenters. The molecule has 0 saturated carbocycles. The van der Waals surface area contributed by atoms with Crippen LogP contribution in [0.2, 0.25) is 0 Å². The minimum absolute atomic E-state index is 0.370. The van der Waals surface area contributed by atoms with Crippen molar-refractivity contribution >= 4 is 5.97 Å². The van der Waals surface area contributed by atoms with Gasteiger partial charge in [0, 0.05) is 12.6 Å². The lowest BCUT2D eigenvalue weighted by molar-refractivity contribution is -0.151. The number of hydrogen-bond acceptors (Lipinski definition) is 3. The minimum atomic E-state index is -0.629. The smallest absolute Gasteiger partial charge is 0.325 e. The molecule has 2 heterocycles. The summed E-state index contributed by atoms with van der Waals surface area (Å²) in [4.78, 5) is 16.2. The van der Waals surface area contributed by atoms with Gasteiger partial charge in [-0.25, -0.2) is 0 Å². The van der Waals surface area contributed by atoms with Crippen LogP contribution in [-0.2, 0) is 4.79 Å². The van der Waals surface area contributed by atoms with E-state index in [2.05, 4.69) is 16.7 Å². The molecular weight excluding hydrogens is 216 g/mol. The van der Waals surface area contributed by atoms with Gasteiger partial charge in [0.25, 0.3) is 0 Å². The Morgan fingerprint density at radius 1 is 1.24 bits per heavy atom. The van der Waals surface area contributed by atoms with Crippen LogP contribution in [0, 0.1) is 0 Å². The average Bonchev–Trinajstić information content (AvgIpc) is 2.50. The third-order valence-corrected chi connectivity index (χ3v) is 4.51. The van der Waals surface area contributed by atoms with E-state index in [1.165, 1.54) is 12.8 Å². The van der Waals surface area contributed by atoms with Crippen molar-refractivity contribution in [2.24, 2.45) is 0 Å². The van der Waals surface area contributed by atoms with E-state index in [0.717, 1.165) is 32.4 Å². The summed E-state index contributed by atoms with van der Waals surface area (Å²) in [5.74, 6) is -0.629. The van der Waals surface area contributed by atoms with Gasteiger partial charge in [-0.15, -0.1) is 0 Å². The molecule has 4 nitrogen and oxygen atoms in total. The molecule has 2 fully saturated rings. The number of nitrogens with zero attached hydrogens (tertiary/aromatic N) is 2. The van der Waals surface area contributed by atoms with Crippen molar-refractivity contribution in [1.29, 1.82) is 0 Å². The summed E-state index contributed by atoms with van der Waals surface area (Å²) in [5, 5.41) is 9.68. The molecule has 17 heavy (non-hydrogen) atoms. The molecule has 0 spiro atoms. The van der Waals surface area contributed by atoms with Gasteiger partial charge >= 0.3 is 5.97 Å². The molecule has 2 atom stereocenters. The highest BCUT2D eigenvalue weighted by Crippen LogP contribution is 2.33. The van der Waals surface area contributed by atoms with Crippen molar-refractivity contribution in [3.8, 4) is 0 Å². The summed E-state index contributed by atoms with van der Waals surface area (Å²) >= 11 is 0. The van der Waals surface area contributed by atoms with Gasteiger partial charge in [0.15, 0.2) is 0 Å². The van der Waals surface area contributed by atoms with Gasteiger partial charge in [-0.3, -0.25) is 9.69 Å². The van der Waals surface area contributed by atoms with Crippen LogP contribution in [0.15, 0.2) is 0 Å². The highest BCUT2D eigenvalue weighted by Gasteiger charge is 2.50. The maximum absolute atomic E-state index is 11.8. The Morgan fingerprint density at radius 3 is 2.24 bits per heavy atom. The normalized spacial score (nSPS) is 36.9. The molecule has 2 aliphatic rings.